The molecule has 1 aliphatic carbocycles. The van der Waals surface area contributed by atoms with Gasteiger partial charge >= 0.3 is 12.1 Å². The van der Waals surface area contributed by atoms with Crippen LogP contribution >= 0.6 is 0 Å². The standard InChI is InChI=1S/C22H15F3O5/c1-12(26)28-16-8-9-17-18(11-16)30-21(22(23,24)25)20(19(17)27)29-15-7-6-13-4-2-3-5-14(13)10-15/h2-11,17-18H,1H3/t17-,18-/m1/s1. The molecule has 0 fully saturated rings. The van der Waals surface area contributed by atoms with Crippen LogP contribution in [0.3, 0.4) is 0 Å². The highest BCUT2D eigenvalue weighted by atomic mass is 19.4. The van der Waals surface area contributed by atoms with Gasteiger partial charge in [-0.2, -0.15) is 13.2 Å². The average Bonchev–Trinajstić information content (AvgIpc) is 2.68. The predicted octanol–water partition coefficient (Wildman–Crippen LogP) is 4.59. The smallest absolute Gasteiger partial charge is 0.453 e. The zero-order valence-electron chi connectivity index (χ0n) is 15.6. The Bertz CT molecular complexity index is 1130. The van der Waals surface area contributed by atoms with E-state index in [-0.39, 0.29) is 11.5 Å². The van der Waals surface area contributed by atoms with Crippen molar-refractivity contribution in [2.45, 2.75) is 19.2 Å². The molecule has 0 saturated carbocycles. The van der Waals surface area contributed by atoms with Gasteiger partial charge in [0.05, 0.1) is 5.92 Å². The number of ketones is 1. The van der Waals surface area contributed by atoms with Gasteiger partial charge in [0.2, 0.25) is 17.3 Å². The Balaban J connectivity index is 1.71. The molecule has 0 amide bonds. The van der Waals surface area contributed by atoms with Crippen LogP contribution in [0.2, 0.25) is 0 Å². The first-order valence-electron chi connectivity index (χ1n) is 9.00. The Hall–Kier alpha value is -3.55. The van der Waals surface area contributed by atoms with Gasteiger partial charge in [-0.05, 0) is 35.1 Å². The van der Waals surface area contributed by atoms with Crippen molar-refractivity contribution in [1.82, 2.24) is 0 Å². The topological polar surface area (TPSA) is 61.8 Å². The molecule has 30 heavy (non-hydrogen) atoms. The minimum absolute atomic E-state index is 0.0111. The Morgan fingerprint density at radius 2 is 1.83 bits per heavy atom. The molecule has 0 radical (unpaired) electrons. The maximum absolute atomic E-state index is 13.6. The number of esters is 1. The van der Waals surface area contributed by atoms with Crippen LogP contribution in [0.4, 0.5) is 13.2 Å². The van der Waals surface area contributed by atoms with Crippen molar-refractivity contribution in [2.24, 2.45) is 5.92 Å². The normalized spacial score (nSPS) is 21.1. The van der Waals surface area contributed by atoms with Gasteiger partial charge in [0, 0.05) is 6.92 Å². The van der Waals surface area contributed by atoms with Crippen molar-refractivity contribution in [3.05, 3.63) is 78.0 Å². The van der Waals surface area contributed by atoms with Gasteiger partial charge in [0.15, 0.2) is 0 Å². The van der Waals surface area contributed by atoms with Crippen molar-refractivity contribution >= 4 is 22.5 Å². The first-order chi connectivity index (χ1) is 14.2. The van der Waals surface area contributed by atoms with Crippen molar-refractivity contribution in [2.75, 3.05) is 0 Å². The summed E-state index contributed by atoms with van der Waals surface area (Å²) >= 11 is 0. The molecule has 5 nitrogen and oxygen atoms in total. The van der Waals surface area contributed by atoms with Crippen LogP contribution in [-0.2, 0) is 19.1 Å². The van der Waals surface area contributed by atoms with E-state index in [0.29, 0.717) is 0 Å². The Morgan fingerprint density at radius 3 is 2.53 bits per heavy atom. The first kappa shape index (κ1) is 19.8. The van der Waals surface area contributed by atoms with E-state index in [1.54, 1.807) is 24.3 Å². The van der Waals surface area contributed by atoms with Crippen LogP contribution in [0.25, 0.3) is 10.8 Å². The van der Waals surface area contributed by atoms with Gasteiger partial charge < -0.3 is 14.2 Å². The molecule has 1 aliphatic heterocycles. The molecule has 0 bridgehead atoms. The summed E-state index contributed by atoms with van der Waals surface area (Å²) in [7, 11) is 0. The number of rotatable bonds is 3. The number of hydrogen-bond donors (Lipinski definition) is 0. The number of hydrogen-bond acceptors (Lipinski definition) is 5. The molecule has 154 valence electrons. The lowest BCUT2D eigenvalue weighted by Crippen LogP contribution is -2.41. The summed E-state index contributed by atoms with van der Waals surface area (Å²) in [6, 6.07) is 12.0. The summed E-state index contributed by atoms with van der Waals surface area (Å²) in [6.07, 6.45) is -2.37. The second-order valence-electron chi connectivity index (χ2n) is 6.76. The molecule has 2 atom stereocenters. The molecule has 4 rings (SSSR count). The number of ether oxygens (including phenoxy) is 3. The minimum Gasteiger partial charge on any atom is -0.477 e. The third kappa shape index (κ3) is 3.80. The van der Waals surface area contributed by atoms with Gasteiger partial charge in [-0.15, -0.1) is 0 Å². The Morgan fingerprint density at radius 1 is 1.10 bits per heavy atom. The van der Waals surface area contributed by atoms with Crippen LogP contribution < -0.4 is 4.74 Å². The molecular weight excluding hydrogens is 401 g/mol. The van der Waals surface area contributed by atoms with Crippen LogP contribution in [0, 0.1) is 5.92 Å². The number of fused-ring (bicyclic) bond motifs is 2. The molecule has 0 N–H and O–H groups in total. The zero-order chi connectivity index (χ0) is 21.5. The van der Waals surface area contributed by atoms with E-state index in [0.717, 1.165) is 17.7 Å². The third-order valence-electron chi connectivity index (χ3n) is 4.60. The summed E-state index contributed by atoms with van der Waals surface area (Å²) in [5, 5.41) is 1.62. The van der Waals surface area contributed by atoms with Gasteiger partial charge in [0.1, 0.15) is 17.6 Å². The lowest BCUT2D eigenvalue weighted by molar-refractivity contribution is -0.156. The van der Waals surface area contributed by atoms with Crippen LogP contribution in [0.1, 0.15) is 6.92 Å². The minimum atomic E-state index is -4.95. The number of halogens is 3. The second-order valence-corrected chi connectivity index (χ2v) is 6.76. The third-order valence-corrected chi connectivity index (χ3v) is 4.60. The molecule has 0 saturated heterocycles. The summed E-state index contributed by atoms with van der Waals surface area (Å²) in [5.41, 5.74) is 0. The van der Waals surface area contributed by atoms with Crippen LogP contribution in [-0.4, -0.2) is 24.0 Å². The highest BCUT2D eigenvalue weighted by Gasteiger charge is 2.50. The highest BCUT2D eigenvalue weighted by molar-refractivity contribution is 5.99. The van der Waals surface area contributed by atoms with Crippen molar-refractivity contribution < 1.29 is 37.0 Å². The van der Waals surface area contributed by atoms with E-state index in [1.165, 1.54) is 24.3 Å². The van der Waals surface area contributed by atoms with E-state index >= 15 is 0 Å². The zero-order valence-corrected chi connectivity index (χ0v) is 15.6. The van der Waals surface area contributed by atoms with E-state index in [4.69, 9.17) is 14.2 Å². The van der Waals surface area contributed by atoms with Crippen LogP contribution in [0.5, 0.6) is 5.75 Å². The number of carbonyl (C=O) groups excluding carboxylic acids is 2. The average molecular weight is 416 g/mol. The van der Waals surface area contributed by atoms with Gasteiger partial charge in [-0.1, -0.05) is 36.4 Å². The second kappa shape index (κ2) is 7.37. The number of Topliss-reactive ketones (excluding diaryl/α,β-unsaturated/α-hetero) is 1. The summed E-state index contributed by atoms with van der Waals surface area (Å²) < 4.78 is 56.3. The fraction of sp³-hybridized carbons (Fsp3) is 0.182. The molecule has 0 aromatic heterocycles. The predicted molar refractivity (Wildman–Crippen MR) is 100 cm³/mol. The van der Waals surface area contributed by atoms with Gasteiger partial charge in [-0.3, -0.25) is 9.59 Å². The quantitative estimate of drug-likeness (QED) is 0.685. The van der Waals surface area contributed by atoms with E-state index in [9.17, 15) is 22.8 Å². The molecule has 1 heterocycles. The van der Waals surface area contributed by atoms with Crippen molar-refractivity contribution in [1.29, 1.82) is 0 Å². The molecule has 8 heteroatoms. The Labute approximate surface area is 169 Å². The molecule has 2 aromatic carbocycles. The summed E-state index contributed by atoms with van der Waals surface area (Å²) in [4.78, 5) is 24.0. The van der Waals surface area contributed by atoms with Crippen molar-refractivity contribution in [3.63, 3.8) is 0 Å². The molecular formula is C22H15F3O5. The van der Waals surface area contributed by atoms with Gasteiger partial charge in [-0.25, -0.2) is 0 Å². The maximum Gasteiger partial charge on any atom is 0.453 e. The first-order valence-corrected chi connectivity index (χ1v) is 9.00. The van der Waals surface area contributed by atoms with E-state index < -0.39 is 41.5 Å². The maximum atomic E-state index is 13.6. The monoisotopic (exact) mass is 416 g/mol. The van der Waals surface area contributed by atoms with Crippen LogP contribution in [0.15, 0.2) is 78.0 Å². The number of carbonyl (C=O) groups is 2. The molecule has 2 aliphatic rings. The van der Waals surface area contributed by atoms with Gasteiger partial charge in [0.25, 0.3) is 0 Å². The highest BCUT2D eigenvalue weighted by Crippen LogP contribution is 2.40. The van der Waals surface area contributed by atoms with E-state index in [1.807, 2.05) is 12.1 Å². The Kier molecular flexibility index (Phi) is 4.85. The lowest BCUT2D eigenvalue weighted by atomic mass is 9.89. The fourth-order valence-corrected chi connectivity index (χ4v) is 3.30. The SMILES string of the molecule is CC(=O)OC1=C[C@H]2OC(C(F)(F)F)=C(Oc3ccc4ccccc4c3)C(=O)[C@@H]2C=C1. The fourth-order valence-electron chi connectivity index (χ4n) is 3.30. The number of alkyl halides is 3. The molecule has 0 unspecified atom stereocenters. The molecule has 0 spiro atoms. The summed E-state index contributed by atoms with van der Waals surface area (Å²) in [6.45, 7) is 1.16. The molecule has 2 aromatic rings. The van der Waals surface area contributed by atoms with E-state index in [2.05, 4.69) is 0 Å². The lowest BCUT2D eigenvalue weighted by Gasteiger charge is -2.33. The summed E-state index contributed by atoms with van der Waals surface area (Å²) in [5.74, 6) is -4.89. The largest absolute Gasteiger partial charge is 0.477 e. The number of allylic oxidation sites excluding steroid dienone is 3. The van der Waals surface area contributed by atoms with Crippen molar-refractivity contribution in [3.8, 4) is 5.75 Å². The number of benzene rings is 2.